The van der Waals surface area contributed by atoms with E-state index in [4.69, 9.17) is 11.6 Å². The number of amides is 2. The third-order valence-electron chi connectivity index (χ3n) is 4.11. The lowest BCUT2D eigenvalue weighted by molar-refractivity contribution is -0.123. The van der Waals surface area contributed by atoms with E-state index in [0.717, 1.165) is 16.2 Å². The zero-order valence-corrected chi connectivity index (χ0v) is 17.4. The van der Waals surface area contributed by atoms with E-state index in [0.29, 0.717) is 17.1 Å². The molecule has 2 aromatic rings. The van der Waals surface area contributed by atoms with Crippen LogP contribution < -0.4 is 10.6 Å². The van der Waals surface area contributed by atoms with E-state index >= 15 is 0 Å². The number of benzene rings is 2. The third kappa shape index (κ3) is 6.60. The summed E-state index contributed by atoms with van der Waals surface area (Å²) in [4.78, 5) is 26.2. The molecule has 0 radical (unpaired) electrons. The van der Waals surface area contributed by atoms with Gasteiger partial charge in [-0.3, -0.25) is 9.59 Å². The van der Waals surface area contributed by atoms with Crippen LogP contribution in [0.25, 0.3) is 0 Å². The first-order valence-corrected chi connectivity index (χ1v) is 10.3. The lowest BCUT2D eigenvalue weighted by atomic mass is 10.0. The number of hydrogen-bond acceptors (Lipinski definition) is 3. The number of carbonyl (C=O) groups is 2. The number of nitrogens with one attached hydrogen (secondary N) is 2. The van der Waals surface area contributed by atoms with E-state index < -0.39 is 6.04 Å². The maximum absolute atomic E-state index is 12.5. The van der Waals surface area contributed by atoms with Gasteiger partial charge in [0.25, 0.3) is 5.91 Å². The summed E-state index contributed by atoms with van der Waals surface area (Å²) < 4.78 is 0. The minimum Gasteiger partial charge on any atom is -0.353 e. The first kappa shape index (κ1) is 21.3. The number of thioether (sulfide) groups is 1. The molecule has 0 bridgehead atoms. The molecule has 0 spiro atoms. The minimum atomic E-state index is -0.572. The second kappa shape index (κ2) is 10.4. The quantitative estimate of drug-likeness (QED) is 0.509. The Kier molecular flexibility index (Phi) is 8.20. The second-order valence-electron chi connectivity index (χ2n) is 6.60. The Balaban J connectivity index is 1.86. The van der Waals surface area contributed by atoms with E-state index in [1.807, 2.05) is 63.2 Å². The van der Waals surface area contributed by atoms with Crippen molar-refractivity contribution in [2.45, 2.75) is 31.7 Å². The zero-order chi connectivity index (χ0) is 19.8. The molecule has 0 aromatic heterocycles. The van der Waals surface area contributed by atoms with Crippen molar-refractivity contribution in [1.82, 2.24) is 10.6 Å². The summed E-state index contributed by atoms with van der Waals surface area (Å²) in [6.07, 6.45) is 0. The molecule has 0 aliphatic carbocycles. The van der Waals surface area contributed by atoms with Gasteiger partial charge in [0.2, 0.25) is 5.91 Å². The Morgan fingerprint density at radius 2 is 1.74 bits per heavy atom. The van der Waals surface area contributed by atoms with Gasteiger partial charge in [-0.25, -0.2) is 0 Å². The van der Waals surface area contributed by atoms with E-state index in [9.17, 15) is 9.59 Å². The highest BCUT2D eigenvalue weighted by molar-refractivity contribution is 7.99. The van der Waals surface area contributed by atoms with Gasteiger partial charge in [-0.15, -0.1) is 11.8 Å². The molecule has 27 heavy (non-hydrogen) atoms. The smallest absolute Gasteiger partial charge is 0.252 e. The van der Waals surface area contributed by atoms with Crippen molar-refractivity contribution in [3.8, 4) is 0 Å². The number of halogens is 1. The number of rotatable bonds is 8. The molecule has 4 nitrogen and oxygen atoms in total. The number of hydrogen-bond donors (Lipinski definition) is 2. The fraction of sp³-hybridized carbons (Fsp3) is 0.333. The zero-order valence-electron chi connectivity index (χ0n) is 15.8. The Bertz CT molecular complexity index is 778. The van der Waals surface area contributed by atoms with Crippen molar-refractivity contribution in [3.05, 3.63) is 64.7 Å². The first-order chi connectivity index (χ1) is 12.9. The van der Waals surface area contributed by atoms with E-state index in [-0.39, 0.29) is 17.7 Å². The van der Waals surface area contributed by atoms with Gasteiger partial charge in [0.1, 0.15) is 6.04 Å². The normalized spacial score (nSPS) is 11.9. The van der Waals surface area contributed by atoms with Crippen molar-refractivity contribution in [2.24, 2.45) is 5.92 Å². The van der Waals surface area contributed by atoms with Crippen LogP contribution in [0, 0.1) is 12.8 Å². The SMILES string of the molecule is Cc1ccccc1C(=O)NC(C(=O)NCCSc1ccc(Cl)cc1)C(C)C. The molecule has 0 fully saturated rings. The molecule has 0 saturated heterocycles. The largest absolute Gasteiger partial charge is 0.353 e. The summed E-state index contributed by atoms with van der Waals surface area (Å²) in [6, 6.07) is 14.4. The van der Waals surface area contributed by atoms with E-state index in [2.05, 4.69) is 10.6 Å². The van der Waals surface area contributed by atoms with Crippen LogP contribution in [0.1, 0.15) is 29.8 Å². The molecule has 0 heterocycles. The van der Waals surface area contributed by atoms with Gasteiger partial charge < -0.3 is 10.6 Å². The Morgan fingerprint density at radius 3 is 2.37 bits per heavy atom. The first-order valence-electron chi connectivity index (χ1n) is 8.91. The topological polar surface area (TPSA) is 58.2 Å². The summed E-state index contributed by atoms with van der Waals surface area (Å²) in [7, 11) is 0. The summed E-state index contributed by atoms with van der Waals surface area (Å²) in [5.41, 5.74) is 1.48. The fourth-order valence-electron chi connectivity index (χ4n) is 2.57. The summed E-state index contributed by atoms with van der Waals surface area (Å²) >= 11 is 7.52. The van der Waals surface area contributed by atoms with E-state index in [1.165, 1.54) is 0 Å². The molecule has 2 rings (SSSR count). The molecule has 0 saturated carbocycles. The monoisotopic (exact) mass is 404 g/mol. The summed E-state index contributed by atoms with van der Waals surface area (Å²) in [5, 5.41) is 6.49. The average molecular weight is 405 g/mol. The predicted molar refractivity (Wildman–Crippen MR) is 112 cm³/mol. The predicted octanol–water partition coefficient (Wildman–Crippen LogP) is 4.31. The fourth-order valence-corrected chi connectivity index (χ4v) is 3.46. The highest BCUT2D eigenvalue weighted by Gasteiger charge is 2.24. The Hall–Kier alpha value is -1.98. The Labute approximate surface area is 170 Å². The van der Waals surface area contributed by atoms with Crippen molar-refractivity contribution < 1.29 is 9.59 Å². The average Bonchev–Trinajstić information content (AvgIpc) is 2.64. The molecule has 6 heteroatoms. The van der Waals surface area contributed by atoms with Crippen LogP contribution in [0.3, 0.4) is 0 Å². The molecule has 2 amide bonds. The van der Waals surface area contributed by atoms with Gasteiger partial charge in [0, 0.05) is 27.8 Å². The highest BCUT2D eigenvalue weighted by Crippen LogP contribution is 2.19. The second-order valence-corrected chi connectivity index (χ2v) is 8.21. The van der Waals surface area contributed by atoms with Gasteiger partial charge in [-0.05, 0) is 48.7 Å². The molecule has 144 valence electrons. The molecule has 1 atom stereocenters. The molecule has 0 aliphatic heterocycles. The van der Waals surface area contributed by atoms with E-state index in [1.54, 1.807) is 17.8 Å². The maximum Gasteiger partial charge on any atom is 0.252 e. The molecular weight excluding hydrogens is 380 g/mol. The van der Waals surface area contributed by atoms with Crippen LogP contribution >= 0.6 is 23.4 Å². The van der Waals surface area contributed by atoms with Crippen molar-refractivity contribution in [3.63, 3.8) is 0 Å². The van der Waals surface area contributed by atoms with Crippen molar-refractivity contribution in [1.29, 1.82) is 0 Å². The molecule has 2 N–H and O–H groups in total. The molecule has 1 unspecified atom stereocenters. The van der Waals surface area contributed by atoms with Crippen LogP contribution in [0.15, 0.2) is 53.4 Å². The third-order valence-corrected chi connectivity index (χ3v) is 5.37. The van der Waals surface area contributed by atoms with Gasteiger partial charge in [-0.2, -0.15) is 0 Å². The molecular formula is C21H25ClN2O2S. The van der Waals surface area contributed by atoms with Crippen LogP contribution in [-0.4, -0.2) is 30.2 Å². The number of carbonyl (C=O) groups excluding carboxylic acids is 2. The number of aryl methyl sites for hydroxylation is 1. The lowest BCUT2D eigenvalue weighted by Crippen LogP contribution is -2.50. The van der Waals surface area contributed by atoms with Gasteiger partial charge in [0.05, 0.1) is 0 Å². The van der Waals surface area contributed by atoms with Crippen molar-refractivity contribution in [2.75, 3.05) is 12.3 Å². The van der Waals surface area contributed by atoms with Crippen LogP contribution in [-0.2, 0) is 4.79 Å². The Morgan fingerprint density at radius 1 is 1.07 bits per heavy atom. The van der Waals surface area contributed by atoms with Gasteiger partial charge in [-0.1, -0.05) is 43.6 Å². The maximum atomic E-state index is 12.5. The van der Waals surface area contributed by atoms with Crippen LogP contribution in [0.2, 0.25) is 5.02 Å². The highest BCUT2D eigenvalue weighted by atomic mass is 35.5. The van der Waals surface area contributed by atoms with Gasteiger partial charge in [0.15, 0.2) is 0 Å². The van der Waals surface area contributed by atoms with Crippen LogP contribution in [0.4, 0.5) is 0 Å². The van der Waals surface area contributed by atoms with Gasteiger partial charge >= 0.3 is 0 Å². The molecule has 2 aromatic carbocycles. The minimum absolute atomic E-state index is 0.0121. The lowest BCUT2D eigenvalue weighted by Gasteiger charge is -2.22. The summed E-state index contributed by atoms with van der Waals surface area (Å²) in [6.45, 7) is 6.25. The summed E-state index contributed by atoms with van der Waals surface area (Å²) in [5.74, 6) is 0.340. The standard InChI is InChI=1S/C21H25ClN2O2S/c1-14(2)19(24-20(25)18-7-5-4-6-15(18)3)21(26)23-12-13-27-17-10-8-16(22)9-11-17/h4-11,14,19H,12-13H2,1-3H3,(H,23,26)(H,24,25). The molecule has 0 aliphatic rings. The van der Waals surface area contributed by atoms with Crippen LogP contribution in [0.5, 0.6) is 0 Å². The van der Waals surface area contributed by atoms with Crippen molar-refractivity contribution >= 4 is 35.2 Å².